The van der Waals surface area contributed by atoms with Crippen molar-refractivity contribution < 1.29 is 18.7 Å². The maximum Gasteiger partial charge on any atom is 0.335 e. The van der Waals surface area contributed by atoms with E-state index in [0.29, 0.717) is 33.1 Å². The van der Waals surface area contributed by atoms with Gasteiger partial charge in [0.2, 0.25) is 5.95 Å². The minimum absolute atomic E-state index is 0. The van der Waals surface area contributed by atoms with Crippen LogP contribution < -0.4 is 5.32 Å². The maximum absolute atomic E-state index is 14.6. The number of benzene rings is 3. The minimum Gasteiger partial charge on any atom is -0.478 e. The van der Waals surface area contributed by atoms with Crippen molar-refractivity contribution in [2.75, 3.05) is 5.32 Å². The summed E-state index contributed by atoms with van der Waals surface area (Å²) in [5.41, 5.74) is 2.93. The average Bonchev–Trinajstić information content (AvgIpc) is 2.96. The molecule has 5 rings (SSSR count). The van der Waals surface area contributed by atoms with Crippen LogP contribution in [-0.4, -0.2) is 56.3 Å². The number of nitrogens with one attached hydrogen (secondary N) is 1. The summed E-state index contributed by atoms with van der Waals surface area (Å²) in [6, 6.07) is 14.8. The molecule has 4 aromatic rings. The molecule has 0 aliphatic carbocycles. The second-order valence-electron chi connectivity index (χ2n) is 7.53. The van der Waals surface area contributed by atoms with Gasteiger partial charge in [0, 0.05) is 63.2 Å². The number of aromatic carboxylic acids is 1. The Hall–Kier alpha value is -3.17. The molecule has 0 unspecified atom stereocenters. The van der Waals surface area contributed by atoms with Gasteiger partial charge in [0.1, 0.15) is 11.6 Å². The Balaban J connectivity index is 0.00000289. The smallest absolute Gasteiger partial charge is 0.335 e. The number of aliphatic imine (C=N–C) groups is 1. The third kappa shape index (κ3) is 4.97. The Morgan fingerprint density at radius 1 is 1.00 bits per heavy atom. The fourth-order valence-electron chi connectivity index (χ4n) is 3.75. The molecule has 0 saturated heterocycles. The number of rotatable bonds is 4. The van der Waals surface area contributed by atoms with Crippen LogP contribution >= 0.6 is 11.6 Å². The molecule has 0 saturated carbocycles. The standard InChI is InChI=1S/C25H15ClF2N4O2.Na/c26-15-6-9-17-18(10-15)23(21-19(27)2-1-3-20(21)28)29-11-14-12-30-25(32-22(14)17)31-16-7-4-13(5-8-16)24(33)34;/h1-10,12H,11H2,(H,33,34)(H,30,31,32);/i24+2;. The Kier molecular flexibility index (Phi) is 7.28. The van der Waals surface area contributed by atoms with Crippen LogP contribution in [0.2, 0.25) is 5.02 Å². The number of hydrogen-bond acceptors (Lipinski definition) is 5. The van der Waals surface area contributed by atoms with E-state index in [1.807, 2.05) is 0 Å². The van der Waals surface area contributed by atoms with Crippen molar-refractivity contribution in [2.24, 2.45) is 4.99 Å². The number of halogens is 3. The van der Waals surface area contributed by atoms with Crippen molar-refractivity contribution in [3.63, 3.8) is 0 Å². The fraction of sp³-hybridized carbons (Fsp3) is 0.0400. The van der Waals surface area contributed by atoms with Gasteiger partial charge in [0.25, 0.3) is 0 Å². The zero-order valence-corrected chi connectivity index (χ0v) is 21.1. The molecule has 3 aromatic carbocycles. The number of hydrogen-bond donors (Lipinski definition) is 2. The van der Waals surface area contributed by atoms with Crippen molar-refractivity contribution in [1.29, 1.82) is 0 Å². The molecule has 1 radical (unpaired) electrons. The third-order valence-electron chi connectivity index (χ3n) is 5.35. The van der Waals surface area contributed by atoms with E-state index >= 15 is 0 Å². The van der Waals surface area contributed by atoms with E-state index in [9.17, 15) is 13.6 Å². The molecule has 0 atom stereocenters. The van der Waals surface area contributed by atoms with Crippen LogP contribution in [0, 0.1) is 11.6 Å². The summed E-state index contributed by atoms with van der Waals surface area (Å²) in [5.74, 6) is -2.21. The van der Waals surface area contributed by atoms with Crippen molar-refractivity contribution in [1.82, 2.24) is 9.97 Å². The van der Waals surface area contributed by atoms with Crippen LogP contribution in [-0.2, 0) is 6.54 Å². The van der Waals surface area contributed by atoms with Crippen LogP contribution in [0.5, 0.6) is 0 Å². The first-order chi connectivity index (χ1) is 16.4. The molecular weight excluding hydrogens is 487 g/mol. The van der Waals surface area contributed by atoms with Gasteiger partial charge in [-0.25, -0.2) is 23.5 Å². The quantitative estimate of drug-likeness (QED) is 0.361. The third-order valence-corrected chi connectivity index (χ3v) is 5.59. The van der Waals surface area contributed by atoms with Crippen molar-refractivity contribution >= 4 is 64.5 Å². The second kappa shape index (κ2) is 10.2. The molecule has 1 aliphatic heterocycles. The fourth-order valence-corrected chi connectivity index (χ4v) is 3.92. The average molecular weight is 502 g/mol. The van der Waals surface area contributed by atoms with Crippen LogP contribution in [0.1, 0.15) is 27.0 Å². The number of carboxylic acid groups (broad SMARTS) is 1. The minimum atomic E-state index is -1.02. The van der Waals surface area contributed by atoms with Gasteiger partial charge in [0.15, 0.2) is 0 Å². The first-order valence-electron chi connectivity index (χ1n) is 10.2. The number of carbonyl (C=O) groups is 1. The SMILES string of the molecule is O=[14C](O)c1ccc(Nc2ncc3c(n2)-c2ccc(Cl)cc2C(c2c(F)cccc2F)=NC3)cc1.[Na]. The van der Waals surface area contributed by atoms with E-state index in [1.54, 1.807) is 36.5 Å². The maximum atomic E-state index is 14.6. The van der Waals surface area contributed by atoms with Gasteiger partial charge in [-0.1, -0.05) is 23.7 Å². The summed E-state index contributed by atoms with van der Waals surface area (Å²) >= 11 is 6.23. The molecule has 2 N–H and O–H groups in total. The predicted octanol–water partition coefficient (Wildman–Crippen LogP) is 5.49. The van der Waals surface area contributed by atoms with Crippen LogP contribution in [0.15, 0.2) is 71.9 Å². The summed E-state index contributed by atoms with van der Waals surface area (Å²) in [4.78, 5) is 24.5. The molecule has 6 nitrogen and oxygen atoms in total. The Morgan fingerprint density at radius 2 is 1.71 bits per heavy atom. The molecule has 1 aliphatic rings. The Labute approximate surface area is 226 Å². The van der Waals surface area contributed by atoms with Crippen molar-refractivity contribution in [3.8, 4) is 11.3 Å². The monoisotopic (exact) mass is 501 g/mol. The number of aromatic nitrogens is 2. The summed E-state index contributed by atoms with van der Waals surface area (Å²) in [5, 5.41) is 12.5. The van der Waals surface area contributed by atoms with E-state index < -0.39 is 17.6 Å². The molecule has 0 bridgehead atoms. The second-order valence-corrected chi connectivity index (χ2v) is 7.96. The molecule has 35 heavy (non-hydrogen) atoms. The normalized spacial score (nSPS) is 11.9. The van der Waals surface area contributed by atoms with Gasteiger partial charge in [0.05, 0.1) is 29.1 Å². The van der Waals surface area contributed by atoms with E-state index in [0.717, 1.165) is 0 Å². The van der Waals surface area contributed by atoms with E-state index in [1.165, 1.54) is 30.3 Å². The van der Waals surface area contributed by atoms with E-state index in [2.05, 4.69) is 20.3 Å². The molecule has 2 heterocycles. The molecule has 10 heteroatoms. The topological polar surface area (TPSA) is 87.5 Å². The summed E-state index contributed by atoms with van der Waals surface area (Å²) in [6.45, 7) is 0.109. The van der Waals surface area contributed by atoms with Gasteiger partial charge in [-0.2, -0.15) is 0 Å². The van der Waals surface area contributed by atoms with Gasteiger partial charge >= 0.3 is 5.97 Å². The Morgan fingerprint density at radius 3 is 2.40 bits per heavy atom. The largest absolute Gasteiger partial charge is 0.478 e. The molecule has 1 aromatic heterocycles. The zero-order chi connectivity index (χ0) is 23.8. The number of carboxylic acids is 1. The molecule has 0 amide bonds. The Bertz CT molecular complexity index is 1460. The first kappa shape index (κ1) is 24.9. The molecule has 169 valence electrons. The van der Waals surface area contributed by atoms with Crippen LogP contribution in [0.4, 0.5) is 20.4 Å². The van der Waals surface area contributed by atoms with Crippen molar-refractivity contribution in [3.05, 3.63) is 106 Å². The summed E-state index contributed by atoms with van der Waals surface area (Å²) < 4.78 is 29.3. The summed E-state index contributed by atoms with van der Waals surface area (Å²) in [7, 11) is 0. The van der Waals surface area contributed by atoms with Crippen molar-refractivity contribution in [2.45, 2.75) is 6.54 Å². The molecular formula is C25H15ClF2N4NaO2. The van der Waals surface area contributed by atoms with Gasteiger partial charge in [-0.3, -0.25) is 4.99 Å². The van der Waals surface area contributed by atoms with Gasteiger partial charge in [-0.05, 0) is 48.5 Å². The summed E-state index contributed by atoms with van der Waals surface area (Å²) in [6.07, 6.45) is 1.60. The number of nitrogens with zero attached hydrogens (tertiary/aromatic N) is 3. The zero-order valence-electron chi connectivity index (χ0n) is 18.4. The molecule has 0 spiro atoms. The van der Waals surface area contributed by atoms with Gasteiger partial charge in [-0.15, -0.1) is 0 Å². The number of fused-ring (bicyclic) bond motifs is 3. The van der Waals surface area contributed by atoms with Crippen LogP contribution in [0.3, 0.4) is 0 Å². The van der Waals surface area contributed by atoms with Gasteiger partial charge < -0.3 is 10.4 Å². The van der Waals surface area contributed by atoms with Crippen LogP contribution in [0.25, 0.3) is 11.3 Å². The van der Waals surface area contributed by atoms with E-state index in [-0.39, 0.29) is 58.9 Å². The molecule has 0 fully saturated rings. The first-order valence-corrected chi connectivity index (χ1v) is 10.5. The predicted molar refractivity (Wildman–Crippen MR) is 131 cm³/mol. The van der Waals surface area contributed by atoms with E-state index in [4.69, 9.17) is 16.7 Å². The number of anilines is 2.